The van der Waals surface area contributed by atoms with E-state index in [-0.39, 0.29) is 0 Å². The molecule has 4 nitrogen and oxygen atoms in total. The van der Waals surface area contributed by atoms with Crippen molar-refractivity contribution in [3.05, 3.63) is 46.4 Å². The van der Waals surface area contributed by atoms with Crippen LogP contribution in [0.1, 0.15) is 21.6 Å². The summed E-state index contributed by atoms with van der Waals surface area (Å²) < 4.78 is 0. The Labute approximate surface area is 121 Å². The van der Waals surface area contributed by atoms with E-state index in [4.69, 9.17) is 0 Å². The van der Waals surface area contributed by atoms with Gasteiger partial charge in [-0.2, -0.15) is 0 Å². The van der Waals surface area contributed by atoms with E-state index in [1.54, 1.807) is 17.7 Å². The van der Waals surface area contributed by atoms with Crippen LogP contribution in [0.15, 0.2) is 24.8 Å². The summed E-state index contributed by atoms with van der Waals surface area (Å²) in [6.45, 7) is 7.06. The predicted octanol–water partition coefficient (Wildman–Crippen LogP) is 3.62. The number of thiophene rings is 1. The summed E-state index contributed by atoms with van der Waals surface area (Å²) >= 11 is 1.71. The van der Waals surface area contributed by atoms with Gasteiger partial charge in [-0.05, 0) is 43.5 Å². The highest BCUT2D eigenvalue weighted by Crippen LogP contribution is 2.32. The molecular formula is C15H16N4S. The van der Waals surface area contributed by atoms with Gasteiger partial charge in [0.05, 0.1) is 5.39 Å². The van der Waals surface area contributed by atoms with E-state index in [9.17, 15) is 0 Å². The fourth-order valence-electron chi connectivity index (χ4n) is 2.18. The van der Waals surface area contributed by atoms with E-state index in [1.807, 2.05) is 18.5 Å². The van der Waals surface area contributed by atoms with Crippen molar-refractivity contribution in [2.24, 2.45) is 0 Å². The van der Waals surface area contributed by atoms with Crippen LogP contribution < -0.4 is 5.32 Å². The van der Waals surface area contributed by atoms with Gasteiger partial charge in [-0.3, -0.25) is 4.98 Å². The van der Waals surface area contributed by atoms with Gasteiger partial charge in [0, 0.05) is 23.8 Å². The van der Waals surface area contributed by atoms with Crippen LogP contribution in [0.4, 0.5) is 5.82 Å². The molecule has 3 rings (SSSR count). The largest absolute Gasteiger partial charge is 0.365 e. The second-order valence-corrected chi connectivity index (χ2v) is 6.04. The van der Waals surface area contributed by atoms with E-state index in [1.165, 1.54) is 21.6 Å². The average Bonchev–Trinajstić information content (AvgIpc) is 2.74. The molecule has 0 aromatic carbocycles. The summed E-state index contributed by atoms with van der Waals surface area (Å²) in [5.74, 6) is 0.903. The second kappa shape index (κ2) is 5.17. The van der Waals surface area contributed by atoms with Gasteiger partial charge >= 0.3 is 0 Å². The Hall–Kier alpha value is -2.01. The van der Waals surface area contributed by atoms with Crippen LogP contribution >= 0.6 is 11.3 Å². The smallest absolute Gasteiger partial charge is 0.138 e. The Bertz CT molecular complexity index is 764. The molecule has 102 valence electrons. The minimum Gasteiger partial charge on any atom is -0.365 e. The van der Waals surface area contributed by atoms with E-state index in [0.29, 0.717) is 0 Å². The van der Waals surface area contributed by atoms with Gasteiger partial charge in [0.25, 0.3) is 0 Å². The Morgan fingerprint density at radius 2 is 2.05 bits per heavy atom. The van der Waals surface area contributed by atoms with E-state index >= 15 is 0 Å². The van der Waals surface area contributed by atoms with Crippen LogP contribution in [0.2, 0.25) is 0 Å². The zero-order chi connectivity index (χ0) is 14.1. The quantitative estimate of drug-likeness (QED) is 0.798. The molecule has 0 saturated heterocycles. The number of nitrogens with zero attached hydrogens (tertiary/aromatic N) is 3. The zero-order valence-electron chi connectivity index (χ0n) is 11.8. The molecule has 3 aromatic rings. The third-order valence-electron chi connectivity index (χ3n) is 3.56. The Morgan fingerprint density at radius 1 is 1.20 bits per heavy atom. The molecule has 3 aromatic heterocycles. The SMILES string of the molecule is Cc1ccncc1CNc1ncnc2sc(C)c(C)c12. The normalized spacial score (nSPS) is 10.9. The van der Waals surface area contributed by atoms with E-state index in [2.05, 4.69) is 41.0 Å². The van der Waals surface area contributed by atoms with Crippen LogP contribution in [-0.4, -0.2) is 15.0 Å². The Balaban J connectivity index is 1.94. The third-order valence-corrected chi connectivity index (χ3v) is 4.67. The van der Waals surface area contributed by atoms with Crippen LogP contribution in [0.3, 0.4) is 0 Å². The highest BCUT2D eigenvalue weighted by Gasteiger charge is 2.11. The average molecular weight is 284 g/mol. The first kappa shape index (κ1) is 13.0. The number of aryl methyl sites for hydroxylation is 3. The topological polar surface area (TPSA) is 50.7 Å². The molecule has 3 heterocycles. The molecule has 1 N–H and O–H groups in total. The monoisotopic (exact) mass is 284 g/mol. The molecule has 20 heavy (non-hydrogen) atoms. The lowest BCUT2D eigenvalue weighted by atomic mass is 10.1. The number of aromatic nitrogens is 3. The van der Waals surface area contributed by atoms with Crippen LogP contribution in [0, 0.1) is 20.8 Å². The molecule has 0 aliphatic rings. The lowest BCUT2D eigenvalue weighted by molar-refractivity contribution is 1.06. The van der Waals surface area contributed by atoms with Crippen molar-refractivity contribution < 1.29 is 0 Å². The lowest BCUT2D eigenvalue weighted by Crippen LogP contribution is -2.04. The predicted molar refractivity (Wildman–Crippen MR) is 83.2 cm³/mol. The standard InChI is InChI=1S/C15H16N4S/c1-9-4-5-16-6-12(9)7-17-14-13-10(2)11(3)20-15(13)19-8-18-14/h4-6,8H,7H2,1-3H3,(H,17,18,19). The molecular weight excluding hydrogens is 268 g/mol. The summed E-state index contributed by atoms with van der Waals surface area (Å²) in [6.07, 6.45) is 5.33. The number of pyridine rings is 1. The zero-order valence-corrected chi connectivity index (χ0v) is 12.6. The molecule has 0 aliphatic heterocycles. The minimum absolute atomic E-state index is 0.722. The Morgan fingerprint density at radius 3 is 2.85 bits per heavy atom. The fourth-order valence-corrected chi connectivity index (χ4v) is 3.17. The van der Waals surface area contributed by atoms with Gasteiger partial charge in [-0.1, -0.05) is 0 Å². The summed E-state index contributed by atoms with van der Waals surface area (Å²) in [5.41, 5.74) is 3.68. The highest BCUT2D eigenvalue weighted by atomic mass is 32.1. The van der Waals surface area contributed by atoms with Gasteiger partial charge in [0.1, 0.15) is 17.0 Å². The fraction of sp³-hybridized carbons (Fsp3) is 0.267. The first-order valence-corrected chi connectivity index (χ1v) is 7.32. The van der Waals surface area contributed by atoms with Gasteiger partial charge in [-0.25, -0.2) is 9.97 Å². The molecule has 0 fully saturated rings. The van der Waals surface area contributed by atoms with Crippen LogP contribution in [0.25, 0.3) is 10.2 Å². The van der Waals surface area contributed by atoms with Crippen molar-refractivity contribution in [3.8, 4) is 0 Å². The van der Waals surface area contributed by atoms with Crippen molar-refractivity contribution in [1.29, 1.82) is 0 Å². The summed E-state index contributed by atoms with van der Waals surface area (Å²) in [6, 6.07) is 2.02. The van der Waals surface area contributed by atoms with E-state index in [0.717, 1.165) is 22.6 Å². The number of rotatable bonds is 3. The summed E-state index contributed by atoms with van der Waals surface area (Å²) in [4.78, 5) is 15.2. The van der Waals surface area contributed by atoms with E-state index < -0.39 is 0 Å². The number of hydrogen-bond acceptors (Lipinski definition) is 5. The maximum atomic E-state index is 4.39. The molecule has 0 bridgehead atoms. The number of nitrogens with one attached hydrogen (secondary N) is 1. The van der Waals surface area contributed by atoms with Crippen molar-refractivity contribution >= 4 is 27.4 Å². The molecule has 0 radical (unpaired) electrons. The second-order valence-electron chi connectivity index (χ2n) is 4.84. The lowest BCUT2D eigenvalue weighted by Gasteiger charge is -2.09. The van der Waals surface area contributed by atoms with Crippen molar-refractivity contribution in [2.45, 2.75) is 27.3 Å². The van der Waals surface area contributed by atoms with Crippen molar-refractivity contribution in [2.75, 3.05) is 5.32 Å². The summed E-state index contributed by atoms with van der Waals surface area (Å²) in [5, 5.41) is 4.55. The summed E-state index contributed by atoms with van der Waals surface area (Å²) in [7, 11) is 0. The highest BCUT2D eigenvalue weighted by molar-refractivity contribution is 7.18. The maximum absolute atomic E-state index is 4.39. The van der Waals surface area contributed by atoms with Gasteiger partial charge < -0.3 is 5.32 Å². The molecule has 0 saturated carbocycles. The van der Waals surface area contributed by atoms with Gasteiger partial charge in [0.15, 0.2) is 0 Å². The first-order valence-electron chi connectivity index (χ1n) is 6.51. The van der Waals surface area contributed by atoms with Crippen molar-refractivity contribution in [3.63, 3.8) is 0 Å². The van der Waals surface area contributed by atoms with Crippen LogP contribution in [-0.2, 0) is 6.54 Å². The molecule has 0 aliphatic carbocycles. The van der Waals surface area contributed by atoms with Crippen LogP contribution in [0.5, 0.6) is 0 Å². The first-order chi connectivity index (χ1) is 9.66. The van der Waals surface area contributed by atoms with Crippen molar-refractivity contribution in [1.82, 2.24) is 15.0 Å². The third kappa shape index (κ3) is 2.25. The number of hydrogen-bond donors (Lipinski definition) is 1. The minimum atomic E-state index is 0.722. The van der Waals surface area contributed by atoms with Gasteiger partial charge in [0.2, 0.25) is 0 Å². The van der Waals surface area contributed by atoms with Gasteiger partial charge in [-0.15, -0.1) is 11.3 Å². The number of anilines is 1. The molecule has 0 unspecified atom stereocenters. The maximum Gasteiger partial charge on any atom is 0.138 e. The molecule has 0 atom stereocenters. The molecule has 5 heteroatoms. The molecule has 0 spiro atoms. The molecule has 0 amide bonds. The number of fused-ring (bicyclic) bond motifs is 1. The Kier molecular flexibility index (Phi) is 3.36.